The number of nitrogens with zero attached hydrogens (tertiary/aromatic N) is 6. The molecule has 174 valence electrons. The molecule has 0 bridgehead atoms. The van der Waals surface area contributed by atoms with Crippen LogP contribution in [0.4, 0.5) is 11.6 Å². The van der Waals surface area contributed by atoms with Gasteiger partial charge in [-0.1, -0.05) is 6.07 Å². The normalized spacial score (nSPS) is 19.0. The lowest BCUT2D eigenvalue weighted by atomic mass is 10.1. The van der Waals surface area contributed by atoms with E-state index >= 15 is 0 Å². The van der Waals surface area contributed by atoms with Crippen LogP contribution in [-0.2, 0) is 0 Å². The first kappa shape index (κ1) is 24.3. The molecular weight excluding hydrogens is 517 g/mol. The third-order valence-electron chi connectivity index (χ3n) is 5.95. The molecule has 0 saturated carbocycles. The first-order chi connectivity index (χ1) is 15.3. The number of methoxy groups -OCH3 is 1. The van der Waals surface area contributed by atoms with E-state index in [1.165, 1.54) is 12.1 Å². The number of aromatic nitrogens is 2. The Morgan fingerprint density at radius 1 is 1.09 bits per heavy atom. The number of ether oxygens (including phenoxy) is 1. The highest BCUT2D eigenvalue weighted by molar-refractivity contribution is 14.0. The van der Waals surface area contributed by atoms with Crippen LogP contribution < -0.4 is 19.9 Å². The van der Waals surface area contributed by atoms with Gasteiger partial charge in [-0.05, 0) is 37.5 Å². The second kappa shape index (κ2) is 12.1. The molecule has 1 N–H and O–H groups in total. The smallest absolute Gasteiger partial charge is 0.225 e. The van der Waals surface area contributed by atoms with Gasteiger partial charge in [0.25, 0.3) is 0 Å². The van der Waals surface area contributed by atoms with Crippen LogP contribution >= 0.6 is 24.0 Å². The average Bonchev–Trinajstić information content (AvgIpc) is 3.32. The highest BCUT2D eigenvalue weighted by Gasteiger charge is 2.24. The number of rotatable bonds is 6. The molecule has 2 aliphatic rings. The first-order valence-electron chi connectivity index (χ1n) is 11.2. The van der Waals surface area contributed by atoms with E-state index in [4.69, 9.17) is 9.73 Å². The van der Waals surface area contributed by atoms with Gasteiger partial charge >= 0.3 is 0 Å². The molecule has 0 amide bonds. The molecular formula is C23H34IN7O. The van der Waals surface area contributed by atoms with Crippen molar-refractivity contribution in [1.29, 1.82) is 0 Å². The lowest BCUT2D eigenvalue weighted by molar-refractivity contribution is 0.369. The average molecular weight is 551 g/mol. The topological polar surface area (TPSA) is 69.1 Å². The molecule has 1 aromatic heterocycles. The zero-order chi connectivity index (χ0) is 21.5. The Bertz CT molecular complexity index is 858. The predicted octanol–water partition coefficient (Wildman–Crippen LogP) is 2.72. The molecule has 2 aromatic rings. The Morgan fingerprint density at radius 2 is 1.88 bits per heavy atom. The van der Waals surface area contributed by atoms with Gasteiger partial charge in [0.2, 0.25) is 5.95 Å². The van der Waals surface area contributed by atoms with E-state index in [0.29, 0.717) is 5.92 Å². The maximum absolute atomic E-state index is 5.38. The Morgan fingerprint density at radius 3 is 2.59 bits per heavy atom. The molecule has 0 spiro atoms. The standard InChI is InChI=1S/C23H33N7O.HI/c1-3-24-22(28-12-14-29(15-13-28)23-25-9-5-10-26-23)27-17-19-8-11-30(18-19)20-6-4-7-21(16-20)31-2;/h4-7,9-10,16,19H,3,8,11-15,17-18H2,1-2H3,(H,24,27);1H. The largest absolute Gasteiger partial charge is 0.497 e. The van der Waals surface area contributed by atoms with E-state index in [0.717, 1.165) is 70.0 Å². The van der Waals surface area contributed by atoms with Crippen LogP contribution in [-0.4, -0.2) is 80.3 Å². The van der Waals surface area contributed by atoms with Crippen LogP contribution in [0.2, 0.25) is 0 Å². The number of halogens is 1. The molecule has 2 fully saturated rings. The number of hydrogen-bond donors (Lipinski definition) is 1. The number of piperazine rings is 1. The van der Waals surface area contributed by atoms with Crippen LogP contribution in [0.1, 0.15) is 13.3 Å². The van der Waals surface area contributed by atoms with E-state index in [2.05, 4.69) is 55.1 Å². The monoisotopic (exact) mass is 551 g/mol. The summed E-state index contributed by atoms with van der Waals surface area (Å²) in [6.07, 6.45) is 4.77. The molecule has 2 saturated heterocycles. The molecule has 1 unspecified atom stereocenters. The quantitative estimate of drug-likeness (QED) is 0.337. The van der Waals surface area contributed by atoms with Gasteiger partial charge in [0.05, 0.1) is 7.11 Å². The van der Waals surface area contributed by atoms with Crippen LogP contribution in [0.15, 0.2) is 47.7 Å². The number of hydrogen-bond acceptors (Lipinski definition) is 6. The first-order valence-corrected chi connectivity index (χ1v) is 11.2. The fourth-order valence-electron chi connectivity index (χ4n) is 4.24. The Balaban J connectivity index is 0.00000289. The van der Waals surface area contributed by atoms with Crippen molar-refractivity contribution in [2.24, 2.45) is 10.9 Å². The van der Waals surface area contributed by atoms with Crippen molar-refractivity contribution in [3.05, 3.63) is 42.7 Å². The van der Waals surface area contributed by atoms with Crippen molar-refractivity contribution < 1.29 is 4.74 Å². The molecule has 1 atom stereocenters. The minimum absolute atomic E-state index is 0. The summed E-state index contributed by atoms with van der Waals surface area (Å²) in [5, 5.41) is 3.48. The maximum atomic E-state index is 5.38. The van der Waals surface area contributed by atoms with Gasteiger partial charge in [0.15, 0.2) is 5.96 Å². The second-order valence-corrected chi connectivity index (χ2v) is 8.02. The van der Waals surface area contributed by atoms with Crippen LogP contribution in [0.25, 0.3) is 0 Å². The molecule has 9 heteroatoms. The number of nitrogens with one attached hydrogen (secondary N) is 1. The highest BCUT2D eigenvalue weighted by atomic mass is 127. The summed E-state index contributed by atoms with van der Waals surface area (Å²) in [5.41, 5.74) is 1.23. The summed E-state index contributed by atoms with van der Waals surface area (Å²) in [6, 6.07) is 10.2. The summed E-state index contributed by atoms with van der Waals surface area (Å²) in [5.74, 6) is 3.32. The molecule has 3 heterocycles. The minimum Gasteiger partial charge on any atom is -0.497 e. The molecule has 32 heavy (non-hydrogen) atoms. The summed E-state index contributed by atoms with van der Waals surface area (Å²) in [4.78, 5) is 20.8. The zero-order valence-electron chi connectivity index (χ0n) is 19.0. The van der Waals surface area contributed by atoms with E-state index < -0.39 is 0 Å². The van der Waals surface area contributed by atoms with Crippen molar-refractivity contribution in [1.82, 2.24) is 20.2 Å². The van der Waals surface area contributed by atoms with E-state index in [1.54, 1.807) is 19.5 Å². The minimum atomic E-state index is 0. The molecule has 4 rings (SSSR count). The van der Waals surface area contributed by atoms with Crippen LogP contribution in [0.3, 0.4) is 0 Å². The van der Waals surface area contributed by atoms with Gasteiger partial charge in [-0.2, -0.15) is 0 Å². The Kier molecular flexibility index (Phi) is 9.19. The van der Waals surface area contributed by atoms with Gasteiger partial charge in [-0.25, -0.2) is 9.97 Å². The van der Waals surface area contributed by atoms with E-state index in [1.807, 2.05) is 12.1 Å². The Hall–Kier alpha value is -2.30. The van der Waals surface area contributed by atoms with Crippen molar-refractivity contribution >= 4 is 41.6 Å². The van der Waals surface area contributed by atoms with Crippen molar-refractivity contribution in [3.63, 3.8) is 0 Å². The van der Waals surface area contributed by atoms with Crippen molar-refractivity contribution in [2.75, 3.05) is 69.3 Å². The van der Waals surface area contributed by atoms with E-state index in [9.17, 15) is 0 Å². The lowest BCUT2D eigenvalue weighted by Crippen LogP contribution is -2.53. The van der Waals surface area contributed by atoms with Gasteiger partial charge in [-0.3, -0.25) is 4.99 Å². The summed E-state index contributed by atoms with van der Waals surface area (Å²) < 4.78 is 5.38. The zero-order valence-corrected chi connectivity index (χ0v) is 21.3. The Labute approximate surface area is 208 Å². The van der Waals surface area contributed by atoms with Gasteiger partial charge in [-0.15, -0.1) is 24.0 Å². The van der Waals surface area contributed by atoms with Crippen molar-refractivity contribution in [3.8, 4) is 5.75 Å². The van der Waals surface area contributed by atoms with Gasteiger partial charge in [0, 0.05) is 76.5 Å². The van der Waals surface area contributed by atoms with Crippen molar-refractivity contribution in [2.45, 2.75) is 13.3 Å². The summed E-state index contributed by atoms with van der Waals surface area (Å²) >= 11 is 0. The predicted molar refractivity (Wildman–Crippen MR) is 141 cm³/mol. The molecule has 1 aromatic carbocycles. The SMILES string of the molecule is CCNC(=NCC1CCN(c2cccc(OC)c2)C1)N1CCN(c2ncccn2)CC1.I. The number of anilines is 2. The number of benzene rings is 1. The summed E-state index contributed by atoms with van der Waals surface area (Å²) in [7, 11) is 1.72. The summed E-state index contributed by atoms with van der Waals surface area (Å²) in [6.45, 7) is 9.61. The van der Waals surface area contributed by atoms with Gasteiger partial charge in [0.1, 0.15) is 5.75 Å². The van der Waals surface area contributed by atoms with E-state index in [-0.39, 0.29) is 24.0 Å². The fraction of sp³-hybridized carbons (Fsp3) is 0.522. The second-order valence-electron chi connectivity index (χ2n) is 8.02. The third kappa shape index (κ3) is 6.14. The third-order valence-corrected chi connectivity index (χ3v) is 5.95. The van der Waals surface area contributed by atoms with Gasteiger partial charge < -0.3 is 24.8 Å². The maximum Gasteiger partial charge on any atom is 0.225 e. The lowest BCUT2D eigenvalue weighted by Gasteiger charge is -2.36. The number of guanidine groups is 1. The molecule has 2 aliphatic heterocycles. The molecule has 0 aliphatic carbocycles. The fourth-order valence-corrected chi connectivity index (χ4v) is 4.24. The molecule has 8 nitrogen and oxygen atoms in total. The molecule has 0 radical (unpaired) electrons. The van der Waals surface area contributed by atoms with Crippen LogP contribution in [0, 0.1) is 5.92 Å². The van der Waals surface area contributed by atoms with Crippen LogP contribution in [0.5, 0.6) is 5.75 Å². The highest BCUT2D eigenvalue weighted by Crippen LogP contribution is 2.27. The number of aliphatic imine (C=N–C) groups is 1.